The topological polar surface area (TPSA) is 21.3 Å². The zero-order valence-corrected chi connectivity index (χ0v) is 14.7. The van der Waals surface area contributed by atoms with Crippen LogP contribution in [0.3, 0.4) is 0 Å². The molecule has 0 radical (unpaired) electrons. The van der Waals surface area contributed by atoms with E-state index in [0.29, 0.717) is 6.04 Å². The van der Waals surface area contributed by atoms with Gasteiger partial charge in [0.05, 0.1) is 0 Å². The Bertz CT molecular complexity index is 504. The van der Waals surface area contributed by atoms with E-state index in [1.807, 2.05) is 0 Å². The molecule has 1 aliphatic carbocycles. The summed E-state index contributed by atoms with van der Waals surface area (Å²) in [5, 5.41) is 3.67. The second-order valence-corrected chi connectivity index (χ2v) is 7.57. The van der Waals surface area contributed by atoms with E-state index in [-0.39, 0.29) is 5.60 Å². The van der Waals surface area contributed by atoms with Gasteiger partial charge in [0.25, 0.3) is 0 Å². The van der Waals surface area contributed by atoms with Crippen LogP contribution in [0.25, 0.3) is 0 Å². The first-order valence-corrected chi connectivity index (χ1v) is 9.17. The molecule has 1 heterocycles. The van der Waals surface area contributed by atoms with Crippen molar-refractivity contribution in [3.63, 3.8) is 0 Å². The number of fused-ring (bicyclic) bond motifs is 1. The highest BCUT2D eigenvalue weighted by Gasteiger charge is 2.43. The summed E-state index contributed by atoms with van der Waals surface area (Å²) < 4.78 is 7.69. The largest absolute Gasteiger partial charge is 0.487 e. The molecule has 1 aromatic rings. The van der Waals surface area contributed by atoms with Gasteiger partial charge >= 0.3 is 0 Å². The zero-order chi connectivity index (χ0) is 14.9. The van der Waals surface area contributed by atoms with Crippen molar-refractivity contribution in [2.24, 2.45) is 5.92 Å². The molecule has 2 nitrogen and oxygen atoms in total. The van der Waals surface area contributed by atoms with E-state index in [1.54, 1.807) is 0 Å². The van der Waals surface area contributed by atoms with Crippen molar-refractivity contribution in [3.8, 4) is 5.75 Å². The molecule has 21 heavy (non-hydrogen) atoms. The van der Waals surface area contributed by atoms with Gasteiger partial charge in [0.2, 0.25) is 0 Å². The van der Waals surface area contributed by atoms with E-state index in [0.717, 1.165) is 29.1 Å². The van der Waals surface area contributed by atoms with Crippen molar-refractivity contribution >= 4 is 15.9 Å². The van der Waals surface area contributed by atoms with Crippen LogP contribution in [0, 0.1) is 5.92 Å². The maximum Gasteiger partial charge on any atom is 0.126 e. The van der Waals surface area contributed by atoms with E-state index < -0.39 is 0 Å². The highest BCUT2D eigenvalue weighted by Crippen LogP contribution is 2.48. The first-order chi connectivity index (χ1) is 10.2. The average Bonchev–Trinajstić information content (AvgIpc) is 2.47. The van der Waals surface area contributed by atoms with Crippen molar-refractivity contribution in [2.75, 3.05) is 6.54 Å². The van der Waals surface area contributed by atoms with Gasteiger partial charge in [-0.1, -0.05) is 48.7 Å². The van der Waals surface area contributed by atoms with Crippen LogP contribution in [-0.2, 0) is 0 Å². The Labute approximate surface area is 136 Å². The van der Waals surface area contributed by atoms with Crippen LogP contribution in [0.2, 0.25) is 0 Å². The van der Waals surface area contributed by atoms with E-state index in [1.165, 1.54) is 37.7 Å². The number of ether oxygens (including phenoxy) is 1. The molecule has 1 spiro atoms. The molecule has 116 valence electrons. The summed E-state index contributed by atoms with van der Waals surface area (Å²) in [5.41, 5.74) is 1.38. The predicted molar refractivity (Wildman–Crippen MR) is 90.8 cm³/mol. The smallest absolute Gasteiger partial charge is 0.126 e. The Morgan fingerprint density at radius 1 is 1.33 bits per heavy atom. The molecule has 1 fully saturated rings. The van der Waals surface area contributed by atoms with Gasteiger partial charge in [0.1, 0.15) is 11.4 Å². The standard InChI is InChI=1S/C18H26BrNO/c1-3-13-6-5-9-18(11-13)12-16(20-4-2)15-8-7-14(19)10-17(15)21-18/h7-8,10,13,16,20H,3-6,9,11-12H2,1-2H3. The lowest BCUT2D eigenvalue weighted by molar-refractivity contribution is -0.0214. The molecule has 3 rings (SSSR count). The van der Waals surface area contributed by atoms with Crippen LogP contribution in [0.4, 0.5) is 0 Å². The van der Waals surface area contributed by atoms with Gasteiger partial charge in [-0.2, -0.15) is 0 Å². The molecule has 3 unspecified atom stereocenters. The van der Waals surface area contributed by atoms with E-state index in [4.69, 9.17) is 4.74 Å². The van der Waals surface area contributed by atoms with Crippen molar-refractivity contribution in [1.82, 2.24) is 5.32 Å². The fourth-order valence-electron chi connectivity index (χ4n) is 4.14. The van der Waals surface area contributed by atoms with Crippen molar-refractivity contribution in [3.05, 3.63) is 28.2 Å². The van der Waals surface area contributed by atoms with Crippen LogP contribution in [0.5, 0.6) is 5.75 Å². The summed E-state index contributed by atoms with van der Waals surface area (Å²) in [4.78, 5) is 0. The van der Waals surface area contributed by atoms with E-state index in [9.17, 15) is 0 Å². The minimum Gasteiger partial charge on any atom is -0.487 e. The Hall–Kier alpha value is -0.540. The third kappa shape index (κ3) is 3.14. The second-order valence-electron chi connectivity index (χ2n) is 6.65. The third-order valence-electron chi connectivity index (χ3n) is 5.19. The van der Waals surface area contributed by atoms with Crippen molar-refractivity contribution < 1.29 is 4.74 Å². The number of benzene rings is 1. The van der Waals surface area contributed by atoms with Crippen molar-refractivity contribution in [2.45, 2.75) is 64.0 Å². The molecule has 2 aliphatic rings. The molecule has 1 N–H and O–H groups in total. The summed E-state index contributed by atoms with van der Waals surface area (Å²) >= 11 is 3.59. The normalized spacial score (nSPS) is 31.8. The highest BCUT2D eigenvalue weighted by molar-refractivity contribution is 9.10. The van der Waals surface area contributed by atoms with Crippen LogP contribution < -0.4 is 10.1 Å². The fourth-order valence-corrected chi connectivity index (χ4v) is 4.48. The molecular weight excluding hydrogens is 326 g/mol. The SMILES string of the molecule is CCNC1CC2(CCCC(CC)C2)Oc2cc(Br)ccc21. The lowest BCUT2D eigenvalue weighted by Crippen LogP contribution is -2.47. The molecular formula is C18H26BrNO. The molecule has 3 heteroatoms. The molecule has 0 aromatic heterocycles. The lowest BCUT2D eigenvalue weighted by Gasteiger charge is -2.47. The molecule has 1 aliphatic heterocycles. The predicted octanol–water partition coefficient (Wildman–Crippen LogP) is 5.22. The average molecular weight is 352 g/mol. The molecule has 0 bridgehead atoms. The molecule has 0 amide bonds. The molecule has 1 saturated carbocycles. The summed E-state index contributed by atoms with van der Waals surface area (Å²) in [6.07, 6.45) is 7.50. The van der Waals surface area contributed by atoms with Gasteiger partial charge in [-0.3, -0.25) is 0 Å². The Kier molecular flexibility index (Phi) is 4.60. The van der Waals surface area contributed by atoms with Gasteiger partial charge in [-0.25, -0.2) is 0 Å². The fraction of sp³-hybridized carbons (Fsp3) is 0.667. The quantitative estimate of drug-likeness (QED) is 0.805. The Balaban J connectivity index is 1.92. The maximum absolute atomic E-state index is 6.58. The maximum atomic E-state index is 6.58. The first-order valence-electron chi connectivity index (χ1n) is 8.37. The monoisotopic (exact) mass is 351 g/mol. The molecule has 1 aromatic carbocycles. The van der Waals surface area contributed by atoms with Crippen LogP contribution in [0.1, 0.15) is 64.0 Å². The first kappa shape index (κ1) is 15.4. The number of hydrogen-bond donors (Lipinski definition) is 1. The van der Waals surface area contributed by atoms with Gasteiger partial charge in [-0.05, 0) is 43.9 Å². The van der Waals surface area contributed by atoms with Crippen LogP contribution in [0.15, 0.2) is 22.7 Å². The lowest BCUT2D eigenvalue weighted by atomic mass is 9.72. The minimum atomic E-state index is 0.0551. The van der Waals surface area contributed by atoms with E-state index >= 15 is 0 Å². The molecule has 3 atom stereocenters. The second kappa shape index (κ2) is 6.29. The summed E-state index contributed by atoms with van der Waals surface area (Å²) in [7, 11) is 0. The van der Waals surface area contributed by atoms with E-state index in [2.05, 4.69) is 53.3 Å². The Morgan fingerprint density at radius 3 is 2.95 bits per heavy atom. The summed E-state index contributed by atoms with van der Waals surface area (Å²) in [6.45, 7) is 5.52. The van der Waals surface area contributed by atoms with Crippen LogP contribution >= 0.6 is 15.9 Å². The number of hydrogen-bond acceptors (Lipinski definition) is 2. The minimum absolute atomic E-state index is 0.0551. The van der Waals surface area contributed by atoms with Gasteiger partial charge in [-0.15, -0.1) is 0 Å². The number of rotatable bonds is 3. The van der Waals surface area contributed by atoms with Gasteiger partial charge in [0, 0.05) is 22.5 Å². The van der Waals surface area contributed by atoms with Gasteiger partial charge in [0.15, 0.2) is 0 Å². The molecule has 0 saturated heterocycles. The highest BCUT2D eigenvalue weighted by atomic mass is 79.9. The Morgan fingerprint density at radius 2 is 2.19 bits per heavy atom. The third-order valence-corrected chi connectivity index (χ3v) is 5.68. The van der Waals surface area contributed by atoms with Gasteiger partial charge < -0.3 is 10.1 Å². The number of nitrogens with one attached hydrogen (secondary N) is 1. The number of halogens is 1. The summed E-state index contributed by atoms with van der Waals surface area (Å²) in [5.74, 6) is 1.91. The van der Waals surface area contributed by atoms with Crippen molar-refractivity contribution in [1.29, 1.82) is 0 Å². The summed E-state index contributed by atoms with van der Waals surface area (Å²) in [6, 6.07) is 6.92. The zero-order valence-electron chi connectivity index (χ0n) is 13.1. The van der Waals surface area contributed by atoms with Crippen LogP contribution in [-0.4, -0.2) is 12.1 Å².